The maximum atomic E-state index is 12.8. The van der Waals surface area contributed by atoms with Gasteiger partial charge in [-0.2, -0.15) is 0 Å². The maximum Gasteiger partial charge on any atom is 0.231 e. The van der Waals surface area contributed by atoms with E-state index in [4.69, 9.17) is 0 Å². The van der Waals surface area contributed by atoms with Crippen molar-refractivity contribution < 1.29 is 4.79 Å². The SMILES string of the molecule is C[C@H]1C[C@@H]1C(=O)N(CC(C)(C)CN(C)C)c1ccc(Br)cn1. The van der Waals surface area contributed by atoms with Gasteiger partial charge in [-0.05, 0) is 59.9 Å². The third-order valence-electron chi connectivity index (χ3n) is 4.01. The minimum absolute atomic E-state index is 0.00599. The molecule has 0 aliphatic heterocycles. The van der Waals surface area contributed by atoms with Gasteiger partial charge in [-0.1, -0.05) is 20.8 Å². The Balaban J connectivity index is 2.21. The standard InChI is InChI=1S/C17H26BrN3O/c1-12-8-14(12)16(22)21(11-17(2,3)10-20(4)5)15-7-6-13(18)9-19-15/h6-7,9,12,14H,8,10-11H2,1-5H3/t12-,14-/m0/s1. The number of hydrogen-bond donors (Lipinski definition) is 0. The van der Waals surface area contributed by atoms with Crippen LogP contribution in [0.15, 0.2) is 22.8 Å². The molecule has 1 aliphatic rings. The van der Waals surface area contributed by atoms with E-state index in [0.29, 0.717) is 12.5 Å². The number of carbonyl (C=O) groups is 1. The molecule has 0 saturated heterocycles. The van der Waals surface area contributed by atoms with Crippen LogP contribution < -0.4 is 4.90 Å². The van der Waals surface area contributed by atoms with Gasteiger partial charge in [-0.15, -0.1) is 0 Å². The van der Waals surface area contributed by atoms with Gasteiger partial charge in [-0.3, -0.25) is 9.69 Å². The highest BCUT2D eigenvalue weighted by atomic mass is 79.9. The number of nitrogens with zero attached hydrogens (tertiary/aromatic N) is 3. The highest BCUT2D eigenvalue weighted by molar-refractivity contribution is 9.10. The van der Waals surface area contributed by atoms with Crippen molar-refractivity contribution in [2.75, 3.05) is 32.1 Å². The number of rotatable bonds is 6. The van der Waals surface area contributed by atoms with Gasteiger partial charge in [0.25, 0.3) is 0 Å². The van der Waals surface area contributed by atoms with Crippen LogP contribution in [-0.2, 0) is 4.79 Å². The highest BCUT2D eigenvalue weighted by Gasteiger charge is 2.43. The van der Waals surface area contributed by atoms with Crippen LogP contribution in [0.1, 0.15) is 27.2 Å². The predicted octanol–water partition coefficient (Wildman–Crippen LogP) is 3.42. The van der Waals surface area contributed by atoms with Gasteiger partial charge < -0.3 is 4.90 Å². The van der Waals surface area contributed by atoms with E-state index >= 15 is 0 Å². The minimum atomic E-state index is 0.00599. The second-order valence-corrected chi connectivity index (χ2v) is 8.40. The van der Waals surface area contributed by atoms with Gasteiger partial charge in [0.15, 0.2) is 0 Å². The fourth-order valence-corrected chi connectivity index (χ4v) is 3.23. The average Bonchev–Trinajstić information content (AvgIpc) is 3.12. The summed E-state index contributed by atoms with van der Waals surface area (Å²) >= 11 is 3.40. The molecule has 22 heavy (non-hydrogen) atoms. The summed E-state index contributed by atoms with van der Waals surface area (Å²) in [6, 6.07) is 3.86. The van der Waals surface area contributed by atoms with E-state index in [1.807, 2.05) is 17.0 Å². The summed E-state index contributed by atoms with van der Waals surface area (Å²) in [5.41, 5.74) is 0.00599. The zero-order chi connectivity index (χ0) is 16.5. The predicted molar refractivity (Wildman–Crippen MR) is 93.9 cm³/mol. The van der Waals surface area contributed by atoms with E-state index in [0.717, 1.165) is 23.3 Å². The lowest BCUT2D eigenvalue weighted by Gasteiger charge is -2.34. The number of amides is 1. The molecular formula is C17H26BrN3O. The molecular weight excluding hydrogens is 342 g/mol. The first-order chi connectivity index (χ1) is 10.2. The van der Waals surface area contributed by atoms with Crippen LogP contribution in [-0.4, -0.2) is 43.0 Å². The maximum absolute atomic E-state index is 12.8. The third kappa shape index (κ3) is 4.53. The zero-order valence-corrected chi connectivity index (χ0v) is 15.7. The fourth-order valence-electron chi connectivity index (χ4n) is 3.00. The van der Waals surface area contributed by atoms with E-state index in [1.165, 1.54) is 0 Å². The zero-order valence-electron chi connectivity index (χ0n) is 14.1. The molecule has 0 N–H and O–H groups in total. The lowest BCUT2D eigenvalue weighted by atomic mass is 9.92. The lowest BCUT2D eigenvalue weighted by Crippen LogP contribution is -2.44. The Hall–Kier alpha value is -0.940. The summed E-state index contributed by atoms with van der Waals surface area (Å²) in [6.45, 7) is 8.14. The van der Waals surface area contributed by atoms with E-state index in [-0.39, 0.29) is 17.2 Å². The number of aromatic nitrogens is 1. The molecule has 2 atom stereocenters. The van der Waals surface area contributed by atoms with E-state index in [2.05, 4.69) is 60.7 Å². The van der Waals surface area contributed by atoms with E-state index in [9.17, 15) is 4.79 Å². The Bertz CT molecular complexity index is 527. The van der Waals surface area contributed by atoms with Crippen molar-refractivity contribution in [1.29, 1.82) is 0 Å². The van der Waals surface area contributed by atoms with Crippen molar-refractivity contribution in [3.8, 4) is 0 Å². The molecule has 4 nitrogen and oxygen atoms in total. The molecule has 1 saturated carbocycles. The molecule has 1 aliphatic carbocycles. The second kappa shape index (κ2) is 6.67. The molecule has 5 heteroatoms. The molecule has 1 aromatic heterocycles. The normalized spacial score (nSPS) is 21.0. The number of pyridine rings is 1. The van der Waals surface area contributed by atoms with Crippen molar-refractivity contribution in [2.45, 2.75) is 27.2 Å². The van der Waals surface area contributed by atoms with Crippen LogP contribution in [0.25, 0.3) is 0 Å². The quantitative estimate of drug-likeness (QED) is 0.772. The Morgan fingerprint density at radius 2 is 2.00 bits per heavy atom. The minimum Gasteiger partial charge on any atom is -0.309 e. The van der Waals surface area contributed by atoms with Gasteiger partial charge in [0.2, 0.25) is 5.91 Å². The molecule has 1 amide bonds. The average molecular weight is 368 g/mol. The van der Waals surface area contributed by atoms with Crippen molar-refractivity contribution in [3.05, 3.63) is 22.8 Å². The number of carbonyl (C=O) groups excluding carboxylic acids is 1. The Morgan fingerprint density at radius 1 is 1.36 bits per heavy atom. The first kappa shape index (κ1) is 17.4. The third-order valence-corrected chi connectivity index (χ3v) is 4.48. The molecule has 0 unspecified atom stereocenters. The van der Waals surface area contributed by atoms with Crippen LogP contribution in [0, 0.1) is 17.3 Å². The number of hydrogen-bond acceptors (Lipinski definition) is 3. The van der Waals surface area contributed by atoms with Gasteiger partial charge in [0.05, 0.1) is 0 Å². The van der Waals surface area contributed by atoms with Crippen LogP contribution in [0.2, 0.25) is 0 Å². The topological polar surface area (TPSA) is 36.4 Å². The number of anilines is 1. The van der Waals surface area contributed by atoms with Crippen molar-refractivity contribution in [2.24, 2.45) is 17.3 Å². The van der Waals surface area contributed by atoms with Gasteiger partial charge in [-0.25, -0.2) is 4.98 Å². The molecule has 1 aromatic rings. The Kier molecular flexibility index (Phi) is 5.28. The van der Waals surface area contributed by atoms with E-state index in [1.54, 1.807) is 6.20 Å². The second-order valence-electron chi connectivity index (χ2n) is 7.48. The monoisotopic (exact) mass is 367 g/mol. The van der Waals surface area contributed by atoms with Gasteiger partial charge >= 0.3 is 0 Å². The summed E-state index contributed by atoms with van der Waals surface area (Å²) in [5, 5.41) is 0. The van der Waals surface area contributed by atoms with Crippen LogP contribution in [0.4, 0.5) is 5.82 Å². The molecule has 0 bridgehead atoms. The molecule has 0 aromatic carbocycles. The fraction of sp³-hybridized carbons (Fsp3) is 0.647. The van der Waals surface area contributed by atoms with Gasteiger partial charge in [0, 0.05) is 29.7 Å². The molecule has 122 valence electrons. The van der Waals surface area contributed by atoms with Crippen molar-refractivity contribution in [1.82, 2.24) is 9.88 Å². The first-order valence-electron chi connectivity index (χ1n) is 7.77. The largest absolute Gasteiger partial charge is 0.309 e. The van der Waals surface area contributed by atoms with Crippen LogP contribution >= 0.6 is 15.9 Å². The van der Waals surface area contributed by atoms with Gasteiger partial charge in [0.1, 0.15) is 5.82 Å². The van der Waals surface area contributed by atoms with Crippen LogP contribution in [0.5, 0.6) is 0 Å². The summed E-state index contributed by atoms with van der Waals surface area (Å²) in [6.07, 6.45) is 2.75. The van der Waals surface area contributed by atoms with Crippen LogP contribution in [0.3, 0.4) is 0 Å². The molecule has 1 fully saturated rings. The molecule has 1 heterocycles. The first-order valence-corrected chi connectivity index (χ1v) is 8.56. The smallest absolute Gasteiger partial charge is 0.231 e. The summed E-state index contributed by atoms with van der Waals surface area (Å²) in [5.74, 6) is 1.64. The van der Waals surface area contributed by atoms with Crippen molar-refractivity contribution in [3.63, 3.8) is 0 Å². The Morgan fingerprint density at radius 3 is 2.45 bits per heavy atom. The summed E-state index contributed by atoms with van der Waals surface area (Å²) in [4.78, 5) is 21.3. The Labute approximate surface area is 142 Å². The summed E-state index contributed by atoms with van der Waals surface area (Å²) in [7, 11) is 4.13. The molecule has 2 rings (SSSR count). The lowest BCUT2D eigenvalue weighted by molar-refractivity contribution is -0.120. The van der Waals surface area contributed by atoms with E-state index < -0.39 is 0 Å². The summed E-state index contributed by atoms with van der Waals surface area (Å²) < 4.78 is 0.927. The van der Waals surface area contributed by atoms with Crippen molar-refractivity contribution >= 4 is 27.7 Å². The highest BCUT2D eigenvalue weighted by Crippen LogP contribution is 2.40. The molecule has 0 radical (unpaired) electrons. The number of halogens is 1. The molecule has 0 spiro atoms.